The third-order valence-corrected chi connectivity index (χ3v) is 3.83. The van der Waals surface area contributed by atoms with Crippen molar-refractivity contribution in [2.45, 2.75) is 46.6 Å². The van der Waals surface area contributed by atoms with E-state index >= 15 is 0 Å². The number of urea groups is 1. The molecule has 0 spiro atoms. The van der Waals surface area contributed by atoms with Gasteiger partial charge < -0.3 is 10.0 Å². The van der Waals surface area contributed by atoms with Crippen LogP contribution in [0.4, 0.5) is 9.93 Å². The second-order valence-corrected chi connectivity index (χ2v) is 6.76. The lowest BCUT2D eigenvalue weighted by Crippen LogP contribution is -2.48. The molecule has 0 aliphatic rings. The van der Waals surface area contributed by atoms with Gasteiger partial charge in [-0.1, -0.05) is 0 Å². The molecule has 1 aromatic heterocycles. The molecule has 1 heterocycles. The van der Waals surface area contributed by atoms with Crippen LogP contribution in [0.5, 0.6) is 0 Å². The summed E-state index contributed by atoms with van der Waals surface area (Å²) in [4.78, 5) is 29.8. The molecule has 2 N–H and O–H groups in total. The highest BCUT2D eigenvalue weighted by atomic mass is 32.1. The van der Waals surface area contributed by atoms with Crippen molar-refractivity contribution in [1.29, 1.82) is 0 Å². The number of aryl methyl sites for hydroxylation is 2. The molecule has 7 heteroatoms. The summed E-state index contributed by atoms with van der Waals surface area (Å²) >= 11 is 1.41. The Morgan fingerprint density at radius 1 is 1.35 bits per heavy atom. The van der Waals surface area contributed by atoms with Crippen LogP contribution in [0, 0.1) is 13.8 Å². The van der Waals surface area contributed by atoms with E-state index in [1.807, 2.05) is 34.6 Å². The standard InChI is InChI=1S/C13H21N3O3S/c1-8-9(2)20-11(14-8)15-12(19)16(13(3,4)5)7-6-10(17)18/h6-7H2,1-5H3,(H,17,18)(H,14,15,19). The van der Waals surface area contributed by atoms with E-state index in [1.54, 1.807) is 0 Å². The zero-order valence-electron chi connectivity index (χ0n) is 12.5. The molecule has 0 saturated carbocycles. The molecule has 0 aliphatic heterocycles. The number of hydrogen-bond donors (Lipinski definition) is 2. The summed E-state index contributed by atoms with van der Waals surface area (Å²) in [6, 6.07) is -0.326. The van der Waals surface area contributed by atoms with Crippen LogP contribution in [0.15, 0.2) is 0 Å². The lowest BCUT2D eigenvalue weighted by atomic mass is 10.1. The van der Waals surface area contributed by atoms with Crippen molar-refractivity contribution in [3.63, 3.8) is 0 Å². The highest BCUT2D eigenvalue weighted by Gasteiger charge is 2.27. The fraction of sp³-hybridized carbons (Fsp3) is 0.615. The Labute approximate surface area is 122 Å². The molecule has 2 amide bonds. The Balaban J connectivity index is 2.80. The van der Waals surface area contributed by atoms with Crippen LogP contribution in [0.1, 0.15) is 37.8 Å². The van der Waals surface area contributed by atoms with E-state index in [-0.39, 0.29) is 19.0 Å². The number of carboxylic acid groups (broad SMARTS) is 1. The molecule has 20 heavy (non-hydrogen) atoms. The van der Waals surface area contributed by atoms with Gasteiger partial charge in [0.1, 0.15) is 0 Å². The number of carbonyl (C=O) groups excluding carboxylic acids is 1. The number of rotatable bonds is 4. The Hall–Kier alpha value is -1.63. The van der Waals surface area contributed by atoms with E-state index in [2.05, 4.69) is 10.3 Å². The number of carboxylic acids is 1. The van der Waals surface area contributed by atoms with E-state index in [1.165, 1.54) is 16.2 Å². The molecule has 0 saturated heterocycles. The van der Waals surface area contributed by atoms with Crippen LogP contribution in [-0.4, -0.2) is 39.1 Å². The number of aromatic nitrogens is 1. The summed E-state index contributed by atoms with van der Waals surface area (Å²) < 4.78 is 0. The first-order chi connectivity index (χ1) is 9.11. The monoisotopic (exact) mass is 299 g/mol. The molecule has 0 radical (unpaired) electrons. The number of thiazole rings is 1. The number of amides is 2. The molecule has 1 rings (SSSR count). The van der Waals surface area contributed by atoms with Crippen molar-refractivity contribution >= 4 is 28.5 Å². The van der Waals surface area contributed by atoms with Gasteiger partial charge in [0.2, 0.25) is 0 Å². The number of hydrogen-bond acceptors (Lipinski definition) is 4. The molecule has 0 aliphatic carbocycles. The predicted molar refractivity (Wildman–Crippen MR) is 79.3 cm³/mol. The smallest absolute Gasteiger partial charge is 0.324 e. The molecule has 0 fully saturated rings. The Bertz CT molecular complexity index is 486. The van der Waals surface area contributed by atoms with Crippen molar-refractivity contribution in [1.82, 2.24) is 9.88 Å². The lowest BCUT2D eigenvalue weighted by Gasteiger charge is -2.35. The average Bonchev–Trinajstić information content (AvgIpc) is 2.55. The van der Waals surface area contributed by atoms with Gasteiger partial charge in [-0.2, -0.15) is 0 Å². The van der Waals surface area contributed by atoms with Gasteiger partial charge in [0.05, 0.1) is 12.1 Å². The van der Waals surface area contributed by atoms with Gasteiger partial charge in [0.25, 0.3) is 0 Å². The van der Waals surface area contributed by atoms with Crippen LogP contribution >= 0.6 is 11.3 Å². The third-order valence-electron chi connectivity index (χ3n) is 2.85. The highest BCUT2D eigenvalue weighted by Crippen LogP contribution is 2.23. The summed E-state index contributed by atoms with van der Waals surface area (Å²) in [6.07, 6.45) is -0.0827. The second kappa shape index (κ2) is 6.21. The summed E-state index contributed by atoms with van der Waals surface area (Å²) in [5.74, 6) is -0.923. The maximum absolute atomic E-state index is 12.3. The van der Waals surface area contributed by atoms with E-state index in [0.29, 0.717) is 5.13 Å². The minimum atomic E-state index is -0.923. The molecule has 0 unspecified atom stereocenters. The Kier molecular flexibility index (Phi) is 5.10. The Morgan fingerprint density at radius 2 is 1.95 bits per heavy atom. The average molecular weight is 299 g/mol. The summed E-state index contributed by atoms with van der Waals surface area (Å²) in [7, 11) is 0. The fourth-order valence-electron chi connectivity index (χ4n) is 1.63. The molecule has 1 aromatic rings. The van der Waals surface area contributed by atoms with Crippen LogP contribution in [0.3, 0.4) is 0 Å². The summed E-state index contributed by atoms with van der Waals surface area (Å²) in [5.41, 5.74) is 0.430. The Morgan fingerprint density at radius 3 is 2.35 bits per heavy atom. The number of nitrogens with one attached hydrogen (secondary N) is 1. The summed E-state index contributed by atoms with van der Waals surface area (Å²) in [6.45, 7) is 9.59. The van der Waals surface area contributed by atoms with Gasteiger partial charge in [-0.3, -0.25) is 10.1 Å². The zero-order valence-corrected chi connectivity index (χ0v) is 13.3. The molecular weight excluding hydrogens is 278 g/mol. The first-order valence-corrected chi connectivity index (χ1v) is 7.17. The topological polar surface area (TPSA) is 82.5 Å². The molecule has 0 aromatic carbocycles. The number of aliphatic carboxylic acids is 1. The van der Waals surface area contributed by atoms with E-state index in [9.17, 15) is 9.59 Å². The van der Waals surface area contributed by atoms with Crippen LogP contribution in [0.25, 0.3) is 0 Å². The fourth-order valence-corrected chi connectivity index (χ4v) is 2.44. The quantitative estimate of drug-likeness (QED) is 0.895. The van der Waals surface area contributed by atoms with Gasteiger partial charge in [0, 0.05) is 17.0 Å². The maximum Gasteiger partial charge on any atom is 0.324 e. The third kappa shape index (κ3) is 4.48. The summed E-state index contributed by atoms with van der Waals surface area (Å²) in [5, 5.41) is 12.0. The van der Waals surface area contributed by atoms with Crippen molar-refractivity contribution in [3.05, 3.63) is 10.6 Å². The van der Waals surface area contributed by atoms with Crippen molar-refractivity contribution in [2.24, 2.45) is 0 Å². The van der Waals surface area contributed by atoms with Crippen LogP contribution in [-0.2, 0) is 4.79 Å². The van der Waals surface area contributed by atoms with E-state index in [4.69, 9.17) is 5.11 Å². The van der Waals surface area contributed by atoms with E-state index < -0.39 is 11.5 Å². The first kappa shape index (κ1) is 16.4. The molecule has 0 bridgehead atoms. The van der Waals surface area contributed by atoms with Crippen LogP contribution < -0.4 is 5.32 Å². The molecule has 0 atom stereocenters. The van der Waals surface area contributed by atoms with Gasteiger partial charge in [0.15, 0.2) is 5.13 Å². The zero-order chi connectivity index (χ0) is 15.5. The van der Waals surface area contributed by atoms with E-state index in [0.717, 1.165) is 10.6 Å². The van der Waals surface area contributed by atoms with Crippen molar-refractivity contribution in [3.8, 4) is 0 Å². The molecule has 6 nitrogen and oxygen atoms in total. The normalized spacial score (nSPS) is 11.2. The predicted octanol–water partition coefficient (Wildman–Crippen LogP) is 2.87. The molecular formula is C13H21N3O3S. The molecule has 112 valence electrons. The van der Waals surface area contributed by atoms with Gasteiger partial charge in [-0.05, 0) is 34.6 Å². The number of carbonyl (C=O) groups is 2. The maximum atomic E-state index is 12.3. The minimum absolute atomic E-state index is 0.0827. The highest BCUT2D eigenvalue weighted by molar-refractivity contribution is 7.15. The largest absolute Gasteiger partial charge is 0.481 e. The first-order valence-electron chi connectivity index (χ1n) is 6.35. The van der Waals surface area contributed by atoms with Gasteiger partial charge in [-0.25, -0.2) is 9.78 Å². The van der Waals surface area contributed by atoms with Crippen molar-refractivity contribution < 1.29 is 14.7 Å². The van der Waals surface area contributed by atoms with Gasteiger partial charge in [-0.15, -0.1) is 11.3 Å². The minimum Gasteiger partial charge on any atom is -0.481 e. The van der Waals surface area contributed by atoms with Crippen LogP contribution in [0.2, 0.25) is 0 Å². The van der Waals surface area contributed by atoms with Gasteiger partial charge >= 0.3 is 12.0 Å². The number of nitrogens with zero attached hydrogens (tertiary/aromatic N) is 2. The SMILES string of the molecule is Cc1nc(NC(=O)N(CCC(=O)O)C(C)(C)C)sc1C. The lowest BCUT2D eigenvalue weighted by molar-refractivity contribution is -0.137. The number of anilines is 1. The second-order valence-electron chi connectivity index (χ2n) is 5.56. The van der Waals surface area contributed by atoms with Crippen molar-refractivity contribution in [2.75, 3.05) is 11.9 Å².